The van der Waals surface area contributed by atoms with Crippen molar-refractivity contribution >= 4 is 35.1 Å². The highest BCUT2D eigenvalue weighted by Gasteiger charge is 2.19. The minimum absolute atomic E-state index is 0.167. The molecule has 98 valence electrons. The van der Waals surface area contributed by atoms with E-state index in [-0.39, 0.29) is 16.5 Å². The van der Waals surface area contributed by atoms with E-state index >= 15 is 0 Å². The fourth-order valence-corrected chi connectivity index (χ4v) is 1.88. The van der Waals surface area contributed by atoms with Crippen molar-refractivity contribution in [1.29, 1.82) is 0 Å². The Morgan fingerprint density at radius 2 is 1.89 bits per heavy atom. The molecule has 0 aliphatic carbocycles. The monoisotopic (exact) mass is 288 g/mol. The van der Waals surface area contributed by atoms with Crippen LogP contribution in [0.25, 0.3) is 0 Å². The van der Waals surface area contributed by atoms with Crippen molar-refractivity contribution in [3.63, 3.8) is 0 Å². The molecular weight excluding hydrogens is 277 g/mol. The van der Waals surface area contributed by atoms with Crippen LogP contribution in [0, 0.1) is 5.92 Å². The fraction of sp³-hybridized carbons (Fsp3) is 0.333. The van der Waals surface area contributed by atoms with Crippen LogP contribution in [-0.4, -0.2) is 17.9 Å². The number of carboxylic acids is 1. The van der Waals surface area contributed by atoms with Gasteiger partial charge in [-0.2, -0.15) is 0 Å². The van der Waals surface area contributed by atoms with Gasteiger partial charge in [-0.15, -0.1) is 0 Å². The van der Waals surface area contributed by atoms with Gasteiger partial charge < -0.3 is 15.2 Å². The summed E-state index contributed by atoms with van der Waals surface area (Å²) < 4.78 is 0. The third kappa shape index (κ3) is 3.62. The average Bonchev–Trinajstić information content (AvgIpc) is 2.24. The second-order valence-corrected chi connectivity index (χ2v) is 4.98. The molecule has 0 aliphatic rings. The smallest absolute Gasteiger partial charge is 0.253 e. The molecule has 4 nitrogen and oxygen atoms in total. The molecule has 0 spiro atoms. The van der Waals surface area contributed by atoms with E-state index in [0.717, 1.165) is 0 Å². The number of benzene rings is 1. The number of rotatable bonds is 4. The molecule has 18 heavy (non-hydrogen) atoms. The number of amides is 1. The number of hydrogen-bond acceptors (Lipinski definition) is 3. The number of halogens is 2. The van der Waals surface area contributed by atoms with Gasteiger partial charge in [0.2, 0.25) is 0 Å². The van der Waals surface area contributed by atoms with Gasteiger partial charge in [0.15, 0.2) is 0 Å². The highest BCUT2D eigenvalue weighted by Crippen LogP contribution is 2.21. The van der Waals surface area contributed by atoms with Crippen LogP contribution in [-0.2, 0) is 4.79 Å². The zero-order chi connectivity index (χ0) is 13.9. The van der Waals surface area contributed by atoms with Crippen molar-refractivity contribution in [2.75, 3.05) is 0 Å². The van der Waals surface area contributed by atoms with Gasteiger partial charge in [-0.3, -0.25) is 4.79 Å². The fourth-order valence-electron chi connectivity index (χ4n) is 1.39. The van der Waals surface area contributed by atoms with Gasteiger partial charge in [0.25, 0.3) is 5.91 Å². The molecule has 0 fully saturated rings. The molecule has 0 saturated carbocycles. The highest BCUT2D eigenvalue weighted by molar-refractivity contribution is 6.36. The minimum atomic E-state index is -1.33. The van der Waals surface area contributed by atoms with Gasteiger partial charge in [-0.1, -0.05) is 37.0 Å². The predicted molar refractivity (Wildman–Crippen MR) is 67.6 cm³/mol. The molecule has 1 aromatic rings. The van der Waals surface area contributed by atoms with Crippen molar-refractivity contribution < 1.29 is 14.7 Å². The molecule has 1 atom stereocenters. The van der Waals surface area contributed by atoms with Crippen molar-refractivity contribution in [1.82, 2.24) is 5.32 Å². The van der Waals surface area contributed by atoms with Gasteiger partial charge in [-0.05, 0) is 24.1 Å². The van der Waals surface area contributed by atoms with Crippen LogP contribution >= 0.6 is 23.2 Å². The van der Waals surface area contributed by atoms with Gasteiger partial charge in [0, 0.05) is 5.02 Å². The van der Waals surface area contributed by atoms with E-state index in [1.54, 1.807) is 13.8 Å². The van der Waals surface area contributed by atoms with Crippen LogP contribution in [0.5, 0.6) is 0 Å². The lowest BCUT2D eigenvalue weighted by Crippen LogP contribution is -2.50. The van der Waals surface area contributed by atoms with E-state index in [1.165, 1.54) is 18.2 Å². The molecule has 0 aliphatic heterocycles. The number of carboxylic acid groups (broad SMARTS) is 1. The zero-order valence-corrected chi connectivity index (χ0v) is 11.4. The van der Waals surface area contributed by atoms with Gasteiger partial charge in [0.05, 0.1) is 22.6 Å². The zero-order valence-electron chi connectivity index (χ0n) is 9.87. The Balaban J connectivity index is 2.91. The number of hydrogen-bond donors (Lipinski definition) is 1. The third-order valence-electron chi connectivity index (χ3n) is 2.38. The summed E-state index contributed by atoms with van der Waals surface area (Å²) in [6, 6.07) is 3.30. The Kier molecular flexibility index (Phi) is 4.99. The lowest BCUT2D eigenvalue weighted by molar-refractivity contribution is -0.309. The Hall–Kier alpha value is -1.26. The maximum Gasteiger partial charge on any atom is 0.253 e. The van der Waals surface area contributed by atoms with Crippen molar-refractivity contribution in [2.45, 2.75) is 19.9 Å². The van der Waals surface area contributed by atoms with E-state index in [2.05, 4.69) is 5.32 Å². The van der Waals surface area contributed by atoms with E-state index < -0.39 is 17.9 Å². The van der Waals surface area contributed by atoms with Crippen LogP contribution in [0.15, 0.2) is 18.2 Å². The molecule has 0 heterocycles. The van der Waals surface area contributed by atoms with E-state index in [1.807, 2.05) is 0 Å². The van der Waals surface area contributed by atoms with Crippen LogP contribution in [0.2, 0.25) is 10.0 Å². The van der Waals surface area contributed by atoms with Crippen LogP contribution in [0.3, 0.4) is 0 Å². The summed E-state index contributed by atoms with van der Waals surface area (Å²) in [5.74, 6) is -2.19. The van der Waals surface area contributed by atoms with Gasteiger partial charge in [0.1, 0.15) is 0 Å². The highest BCUT2D eigenvalue weighted by atomic mass is 35.5. The van der Waals surface area contributed by atoms with Crippen molar-refractivity contribution in [2.24, 2.45) is 5.92 Å². The first-order chi connectivity index (χ1) is 8.32. The van der Waals surface area contributed by atoms with Crippen LogP contribution in [0.1, 0.15) is 24.2 Å². The number of carbonyl (C=O) groups is 2. The topological polar surface area (TPSA) is 69.2 Å². The predicted octanol–water partition coefficient (Wildman–Crippen LogP) is 1.50. The average molecular weight is 289 g/mol. The quantitative estimate of drug-likeness (QED) is 0.913. The van der Waals surface area contributed by atoms with Crippen molar-refractivity contribution in [3.05, 3.63) is 33.8 Å². The normalized spacial score (nSPS) is 12.3. The van der Waals surface area contributed by atoms with Crippen molar-refractivity contribution in [3.8, 4) is 0 Å². The Morgan fingerprint density at radius 3 is 2.33 bits per heavy atom. The third-order valence-corrected chi connectivity index (χ3v) is 2.93. The first-order valence-electron chi connectivity index (χ1n) is 5.29. The Bertz CT molecular complexity index is 474. The Labute approximate surface area is 115 Å². The number of carbonyl (C=O) groups excluding carboxylic acids is 2. The van der Waals surface area contributed by atoms with Gasteiger partial charge in [-0.25, -0.2) is 0 Å². The SMILES string of the molecule is CC(C)[C@H](NC(=O)c1ccc(Cl)cc1Cl)C(=O)[O-]. The molecule has 0 aromatic heterocycles. The maximum absolute atomic E-state index is 11.9. The summed E-state index contributed by atoms with van der Waals surface area (Å²) >= 11 is 11.6. The largest absolute Gasteiger partial charge is 0.548 e. The summed E-state index contributed by atoms with van der Waals surface area (Å²) in [5.41, 5.74) is 0.174. The number of nitrogens with one attached hydrogen (secondary N) is 1. The first kappa shape index (κ1) is 14.8. The van der Waals surface area contributed by atoms with E-state index in [4.69, 9.17) is 23.2 Å². The molecule has 0 unspecified atom stereocenters. The minimum Gasteiger partial charge on any atom is -0.548 e. The summed E-state index contributed by atoms with van der Waals surface area (Å²) in [6.07, 6.45) is 0. The maximum atomic E-state index is 11.9. The summed E-state index contributed by atoms with van der Waals surface area (Å²) in [7, 11) is 0. The van der Waals surface area contributed by atoms with E-state index in [0.29, 0.717) is 5.02 Å². The molecule has 1 aromatic carbocycles. The molecular formula is C12H12Cl2NO3-. The molecule has 6 heteroatoms. The van der Waals surface area contributed by atoms with Gasteiger partial charge >= 0.3 is 0 Å². The van der Waals surface area contributed by atoms with Crippen LogP contribution in [0.4, 0.5) is 0 Å². The molecule has 0 bridgehead atoms. The molecule has 1 N–H and O–H groups in total. The molecule has 0 saturated heterocycles. The summed E-state index contributed by atoms with van der Waals surface area (Å²) in [5, 5.41) is 13.8. The molecule has 1 rings (SSSR count). The standard InChI is InChI=1S/C12H13Cl2NO3/c1-6(2)10(12(17)18)15-11(16)8-4-3-7(13)5-9(8)14/h3-6,10H,1-2H3,(H,15,16)(H,17,18)/p-1/t10-/m0/s1. The summed E-state index contributed by atoms with van der Waals surface area (Å²) in [4.78, 5) is 22.7. The Morgan fingerprint density at radius 1 is 1.28 bits per heavy atom. The molecule has 1 amide bonds. The first-order valence-corrected chi connectivity index (χ1v) is 6.05. The molecule has 0 radical (unpaired) electrons. The number of aliphatic carboxylic acids is 1. The second kappa shape index (κ2) is 6.07. The van der Waals surface area contributed by atoms with Crippen LogP contribution < -0.4 is 10.4 Å². The summed E-state index contributed by atoms with van der Waals surface area (Å²) in [6.45, 7) is 3.34. The van der Waals surface area contributed by atoms with E-state index in [9.17, 15) is 14.7 Å². The second-order valence-electron chi connectivity index (χ2n) is 4.14. The lowest BCUT2D eigenvalue weighted by Gasteiger charge is -2.23. The lowest BCUT2D eigenvalue weighted by atomic mass is 10.0.